The third-order valence-corrected chi connectivity index (χ3v) is 2.82. The lowest BCUT2D eigenvalue weighted by molar-refractivity contribution is -0.141. The second kappa shape index (κ2) is 39.3. The summed E-state index contributed by atoms with van der Waals surface area (Å²) in [5, 5.41) is 0. The van der Waals surface area contributed by atoms with Gasteiger partial charge >= 0.3 is 11.9 Å². The van der Waals surface area contributed by atoms with Gasteiger partial charge in [0.15, 0.2) is 0 Å². The molecule has 0 N–H and O–H groups in total. The van der Waals surface area contributed by atoms with E-state index in [9.17, 15) is 9.59 Å². The molecule has 0 atom stereocenters. The van der Waals surface area contributed by atoms with Crippen molar-refractivity contribution in [3.8, 4) is 0 Å². The molecule has 7 heteroatoms. The molecule has 0 aliphatic carbocycles. The lowest BCUT2D eigenvalue weighted by Crippen LogP contribution is -1.97. The van der Waals surface area contributed by atoms with Crippen molar-refractivity contribution in [2.45, 2.75) is 66.9 Å². The lowest BCUT2D eigenvalue weighted by atomic mass is 10.3. The zero-order valence-corrected chi connectivity index (χ0v) is 19.8. The highest BCUT2D eigenvalue weighted by Crippen LogP contribution is 1.87. The van der Waals surface area contributed by atoms with E-state index in [2.05, 4.69) is 27.4 Å². The average Bonchev–Trinajstić information content (AvgIpc) is 2.68. The molecule has 0 aromatic heterocycles. The number of hydrogen-bond donors (Lipinski definition) is 0. The van der Waals surface area contributed by atoms with Crippen LogP contribution in [0.3, 0.4) is 0 Å². The average molecular weight is 401 g/mol. The summed E-state index contributed by atoms with van der Waals surface area (Å²) in [5.41, 5.74) is 0. The van der Waals surface area contributed by atoms with Crippen molar-refractivity contribution in [3.63, 3.8) is 0 Å². The maximum atomic E-state index is 10.2. The molecule has 0 heterocycles. The van der Waals surface area contributed by atoms with E-state index in [0.29, 0.717) is 18.9 Å². The molecule has 0 aliphatic heterocycles. The normalized spacial score (nSPS) is 8.15. The molecular formula is C19H44O6S. The highest BCUT2D eigenvalue weighted by atomic mass is 32.2. The first-order valence-corrected chi connectivity index (χ1v) is 10.3. The van der Waals surface area contributed by atoms with Crippen LogP contribution in [0.15, 0.2) is 0 Å². The predicted molar refractivity (Wildman–Crippen MR) is 113 cm³/mol. The van der Waals surface area contributed by atoms with E-state index in [1.165, 1.54) is 20.0 Å². The van der Waals surface area contributed by atoms with Crippen LogP contribution in [0.2, 0.25) is 0 Å². The van der Waals surface area contributed by atoms with Crippen LogP contribution in [0.1, 0.15) is 60.8 Å². The van der Waals surface area contributed by atoms with Crippen molar-refractivity contribution >= 4 is 23.7 Å². The molecule has 162 valence electrons. The molecule has 6 nitrogen and oxygen atoms in total. The van der Waals surface area contributed by atoms with Gasteiger partial charge < -0.3 is 18.9 Å². The molecule has 0 saturated heterocycles. The number of rotatable bonds is 6. The first-order chi connectivity index (χ1) is 12.2. The van der Waals surface area contributed by atoms with Gasteiger partial charge in [0.1, 0.15) is 0 Å². The summed E-state index contributed by atoms with van der Waals surface area (Å²) in [6, 6.07) is 0. The van der Waals surface area contributed by atoms with Crippen molar-refractivity contribution in [1.29, 1.82) is 0 Å². The van der Waals surface area contributed by atoms with E-state index in [0.717, 1.165) is 13.0 Å². The quantitative estimate of drug-likeness (QED) is 0.604. The largest absolute Gasteiger partial charge is 0.469 e. The highest BCUT2D eigenvalue weighted by molar-refractivity contribution is 7.98. The number of carbonyl (C=O) groups excluding carboxylic acids is 2. The third kappa shape index (κ3) is 76.8. The molecule has 0 aromatic rings. The lowest BCUT2D eigenvalue weighted by Gasteiger charge is -1.94. The van der Waals surface area contributed by atoms with Crippen molar-refractivity contribution in [3.05, 3.63) is 0 Å². The van der Waals surface area contributed by atoms with Crippen LogP contribution in [-0.4, -0.2) is 65.1 Å². The van der Waals surface area contributed by atoms with E-state index >= 15 is 0 Å². The third-order valence-electron chi connectivity index (χ3n) is 2.25. The number of thioether (sulfide) groups is 1. The second-order valence-electron chi connectivity index (χ2n) is 4.69. The maximum absolute atomic E-state index is 10.2. The Morgan fingerprint density at radius 2 is 1.23 bits per heavy atom. The minimum Gasteiger partial charge on any atom is -0.469 e. The van der Waals surface area contributed by atoms with E-state index in [1.54, 1.807) is 21.1 Å². The Hall–Kier alpha value is -0.790. The zero-order chi connectivity index (χ0) is 21.8. The summed E-state index contributed by atoms with van der Waals surface area (Å²) in [6.07, 6.45) is 4.36. The zero-order valence-electron chi connectivity index (χ0n) is 19.0. The van der Waals surface area contributed by atoms with E-state index < -0.39 is 0 Å². The maximum Gasteiger partial charge on any atom is 0.305 e. The van der Waals surface area contributed by atoms with Gasteiger partial charge in [-0.15, -0.1) is 0 Å². The number of ether oxygens (including phenoxy) is 4. The summed E-state index contributed by atoms with van der Waals surface area (Å²) in [6.45, 7) is 12.6. The molecule has 0 fully saturated rings. The van der Waals surface area contributed by atoms with E-state index in [1.807, 2.05) is 39.5 Å². The van der Waals surface area contributed by atoms with Gasteiger partial charge in [-0.1, -0.05) is 20.8 Å². The smallest absolute Gasteiger partial charge is 0.305 e. The Morgan fingerprint density at radius 3 is 1.27 bits per heavy atom. The molecule has 26 heavy (non-hydrogen) atoms. The predicted octanol–water partition coefficient (Wildman–Crippen LogP) is 4.59. The molecule has 0 rings (SSSR count). The number of hydrogen-bond acceptors (Lipinski definition) is 7. The Bertz CT molecular complexity index is 234. The Labute approximate surface area is 166 Å². The van der Waals surface area contributed by atoms with Crippen LogP contribution >= 0.6 is 11.8 Å². The molecule has 0 amide bonds. The van der Waals surface area contributed by atoms with E-state index in [-0.39, 0.29) is 11.9 Å². The fourth-order valence-electron chi connectivity index (χ4n) is 0.451. The summed E-state index contributed by atoms with van der Waals surface area (Å²) in [4.78, 5) is 20.1. The van der Waals surface area contributed by atoms with Crippen LogP contribution in [0.25, 0.3) is 0 Å². The topological polar surface area (TPSA) is 71.1 Å². The molecule has 0 bridgehead atoms. The fourth-order valence-corrected chi connectivity index (χ4v) is 0.451. The van der Waals surface area contributed by atoms with Gasteiger partial charge in [-0.05, 0) is 39.2 Å². The summed E-state index contributed by atoms with van der Waals surface area (Å²) in [7, 11) is 6.16. The Balaban J connectivity index is -0.0000000720. The van der Waals surface area contributed by atoms with Crippen LogP contribution in [-0.2, 0) is 28.5 Å². The van der Waals surface area contributed by atoms with Crippen molar-refractivity contribution in [2.75, 3.05) is 47.1 Å². The molecule has 0 spiro atoms. The number of carbonyl (C=O) groups is 2. The van der Waals surface area contributed by atoms with Crippen molar-refractivity contribution < 1.29 is 28.5 Å². The first kappa shape index (κ1) is 36.2. The minimum absolute atomic E-state index is 0.123. The first-order valence-electron chi connectivity index (χ1n) is 8.86. The summed E-state index contributed by atoms with van der Waals surface area (Å²) < 4.78 is 17.9. The SMILES string of the molecule is CCC(=O)OC.CCCC(=O)OC.CCOC.CCSC.COC(C)C. The van der Waals surface area contributed by atoms with Gasteiger partial charge in [0.05, 0.1) is 20.3 Å². The van der Waals surface area contributed by atoms with Crippen molar-refractivity contribution in [1.82, 2.24) is 0 Å². The van der Waals surface area contributed by atoms with Gasteiger partial charge in [0, 0.05) is 33.7 Å². The van der Waals surface area contributed by atoms with Crippen LogP contribution < -0.4 is 0 Å². The molecule has 0 saturated carbocycles. The second-order valence-corrected chi connectivity index (χ2v) is 5.85. The monoisotopic (exact) mass is 400 g/mol. The Kier molecular flexibility index (Phi) is 54.7. The van der Waals surface area contributed by atoms with Crippen LogP contribution in [0.4, 0.5) is 0 Å². The van der Waals surface area contributed by atoms with Gasteiger partial charge in [0.2, 0.25) is 0 Å². The summed E-state index contributed by atoms with van der Waals surface area (Å²) in [5.74, 6) is 0.956. The van der Waals surface area contributed by atoms with Gasteiger partial charge in [-0.2, -0.15) is 11.8 Å². The van der Waals surface area contributed by atoms with Crippen molar-refractivity contribution in [2.24, 2.45) is 0 Å². The Morgan fingerprint density at radius 1 is 0.885 bits per heavy atom. The highest BCUT2D eigenvalue weighted by Gasteiger charge is 1.92. The molecule has 0 aromatic carbocycles. The van der Waals surface area contributed by atoms with E-state index in [4.69, 9.17) is 4.74 Å². The minimum atomic E-state index is -0.157. The molecular weight excluding hydrogens is 356 g/mol. The van der Waals surface area contributed by atoms with Gasteiger partial charge in [-0.25, -0.2) is 0 Å². The van der Waals surface area contributed by atoms with Gasteiger partial charge in [0.25, 0.3) is 0 Å². The summed E-state index contributed by atoms with van der Waals surface area (Å²) >= 11 is 1.86. The number of esters is 2. The molecule has 0 unspecified atom stereocenters. The van der Waals surface area contributed by atoms with Crippen LogP contribution in [0.5, 0.6) is 0 Å². The number of methoxy groups -OCH3 is 4. The van der Waals surface area contributed by atoms with Crippen LogP contribution in [0, 0.1) is 0 Å². The fraction of sp³-hybridized carbons (Fsp3) is 0.895. The van der Waals surface area contributed by atoms with Gasteiger partial charge in [-0.3, -0.25) is 9.59 Å². The molecule has 0 radical (unpaired) electrons. The standard InChI is InChI=1S/C5H10O2.C4H8O2.C4H10O.C3H8O.C3H8S/c1-3-4-5(6)7-2;1-3-4(5)6-2;1-4(2)5-3;2*1-3-4-2/h3-4H2,1-2H3;3H2,1-2H3;4H,1-3H3;2*3H2,1-2H3. The molecule has 0 aliphatic rings.